The molecule has 1 aliphatic heterocycles. The summed E-state index contributed by atoms with van der Waals surface area (Å²) in [6.07, 6.45) is 1.03. The number of benzene rings is 2. The van der Waals surface area contributed by atoms with Crippen molar-refractivity contribution in [2.45, 2.75) is 17.2 Å². The number of rotatable bonds is 5. The molecule has 1 heterocycles. The first-order valence-electron chi connectivity index (χ1n) is 8.99. The molecule has 1 N–H and O–H groups in total. The van der Waals surface area contributed by atoms with Crippen molar-refractivity contribution < 1.29 is 12.8 Å². The Morgan fingerprint density at radius 1 is 1.19 bits per heavy atom. The van der Waals surface area contributed by atoms with Crippen molar-refractivity contribution in [2.24, 2.45) is 4.99 Å². The molecular formula is C20H24FN3O2S. The van der Waals surface area contributed by atoms with E-state index in [0.29, 0.717) is 11.9 Å². The summed E-state index contributed by atoms with van der Waals surface area (Å²) in [6, 6.07) is 15.8. The average Bonchev–Trinajstić information content (AvgIpc) is 3.16. The van der Waals surface area contributed by atoms with E-state index < -0.39 is 15.7 Å². The van der Waals surface area contributed by atoms with Crippen LogP contribution in [0.3, 0.4) is 0 Å². The summed E-state index contributed by atoms with van der Waals surface area (Å²) < 4.78 is 38.5. The van der Waals surface area contributed by atoms with Crippen molar-refractivity contribution in [3.05, 3.63) is 66.0 Å². The van der Waals surface area contributed by atoms with Gasteiger partial charge < -0.3 is 10.2 Å². The highest BCUT2D eigenvalue weighted by molar-refractivity contribution is 7.91. The van der Waals surface area contributed by atoms with E-state index in [0.717, 1.165) is 25.6 Å². The van der Waals surface area contributed by atoms with Crippen LogP contribution in [-0.4, -0.2) is 51.7 Å². The maximum atomic E-state index is 13.8. The van der Waals surface area contributed by atoms with E-state index in [1.54, 1.807) is 7.05 Å². The summed E-state index contributed by atoms with van der Waals surface area (Å²) in [7, 11) is -2.00. The molecule has 1 fully saturated rings. The standard InChI is InChI=1S/C20H24FN3O2S/c1-22-20(24-13-11-17(15-24)16-7-3-2-4-8-16)23-12-14-27(25,26)19-10-6-5-9-18(19)21/h2-10,17H,11-15H2,1H3,(H,22,23). The lowest BCUT2D eigenvalue weighted by Gasteiger charge is -2.22. The molecule has 0 aliphatic carbocycles. The van der Waals surface area contributed by atoms with Crippen molar-refractivity contribution in [2.75, 3.05) is 32.4 Å². The van der Waals surface area contributed by atoms with E-state index in [9.17, 15) is 12.8 Å². The Bertz CT molecular complexity index is 900. The highest BCUT2D eigenvalue weighted by atomic mass is 32.2. The third-order valence-electron chi connectivity index (χ3n) is 4.80. The summed E-state index contributed by atoms with van der Waals surface area (Å²) in [5.41, 5.74) is 1.30. The molecule has 0 spiro atoms. The van der Waals surface area contributed by atoms with Crippen molar-refractivity contribution in [3.8, 4) is 0 Å². The molecule has 1 aliphatic rings. The fraction of sp³-hybridized carbons (Fsp3) is 0.350. The molecule has 0 aromatic heterocycles. The van der Waals surface area contributed by atoms with Gasteiger partial charge in [0.2, 0.25) is 0 Å². The predicted octanol–water partition coefficient (Wildman–Crippen LogP) is 2.66. The van der Waals surface area contributed by atoms with E-state index in [1.165, 1.54) is 23.8 Å². The number of aliphatic imine (C=N–C) groups is 1. The topological polar surface area (TPSA) is 61.8 Å². The fourth-order valence-corrected chi connectivity index (χ4v) is 4.63. The van der Waals surface area contributed by atoms with Crippen molar-refractivity contribution in [1.82, 2.24) is 10.2 Å². The highest BCUT2D eigenvalue weighted by Crippen LogP contribution is 2.26. The average molecular weight is 389 g/mol. The van der Waals surface area contributed by atoms with Crippen LogP contribution in [-0.2, 0) is 9.84 Å². The minimum absolute atomic E-state index is 0.176. The zero-order valence-electron chi connectivity index (χ0n) is 15.3. The summed E-state index contributed by atoms with van der Waals surface area (Å²) in [6.45, 7) is 1.87. The second kappa shape index (κ2) is 8.52. The summed E-state index contributed by atoms with van der Waals surface area (Å²) in [5.74, 6) is 0.208. The number of sulfone groups is 1. The van der Waals surface area contributed by atoms with Gasteiger partial charge in [-0.15, -0.1) is 0 Å². The van der Waals surface area contributed by atoms with Crippen LogP contribution in [0.25, 0.3) is 0 Å². The van der Waals surface area contributed by atoms with Crippen molar-refractivity contribution >= 4 is 15.8 Å². The second-order valence-corrected chi connectivity index (χ2v) is 8.64. The molecule has 0 radical (unpaired) electrons. The van der Waals surface area contributed by atoms with E-state index in [2.05, 4.69) is 27.3 Å². The van der Waals surface area contributed by atoms with Gasteiger partial charge in [-0.3, -0.25) is 4.99 Å². The van der Waals surface area contributed by atoms with E-state index >= 15 is 0 Å². The lowest BCUT2D eigenvalue weighted by atomic mass is 9.99. The van der Waals surface area contributed by atoms with Crippen LogP contribution in [0.4, 0.5) is 4.39 Å². The van der Waals surface area contributed by atoms with Gasteiger partial charge in [-0.1, -0.05) is 42.5 Å². The number of hydrogen-bond acceptors (Lipinski definition) is 3. The third-order valence-corrected chi connectivity index (χ3v) is 6.54. The fourth-order valence-electron chi connectivity index (χ4n) is 3.39. The van der Waals surface area contributed by atoms with Crippen LogP contribution in [0, 0.1) is 5.82 Å². The van der Waals surface area contributed by atoms with Gasteiger partial charge >= 0.3 is 0 Å². The monoisotopic (exact) mass is 389 g/mol. The van der Waals surface area contributed by atoms with Crippen LogP contribution in [0.5, 0.6) is 0 Å². The Morgan fingerprint density at radius 3 is 2.59 bits per heavy atom. The van der Waals surface area contributed by atoms with Crippen molar-refractivity contribution in [1.29, 1.82) is 0 Å². The van der Waals surface area contributed by atoms with Gasteiger partial charge in [-0.25, -0.2) is 12.8 Å². The van der Waals surface area contributed by atoms with E-state index in [1.807, 2.05) is 18.2 Å². The third kappa shape index (κ3) is 4.66. The molecule has 144 valence electrons. The minimum Gasteiger partial charge on any atom is -0.355 e. The maximum absolute atomic E-state index is 13.8. The minimum atomic E-state index is -3.68. The quantitative estimate of drug-likeness (QED) is 0.631. The normalized spacial score (nSPS) is 17.9. The molecule has 0 amide bonds. The Labute approximate surface area is 159 Å². The van der Waals surface area contributed by atoms with Crippen molar-refractivity contribution in [3.63, 3.8) is 0 Å². The largest absolute Gasteiger partial charge is 0.355 e. The Balaban J connectivity index is 1.57. The lowest BCUT2D eigenvalue weighted by molar-refractivity contribution is 0.488. The Kier molecular flexibility index (Phi) is 6.11. The van der Waals surface area contributed by atoms with Gasteiger partial charge in [-0.2, -0.15) is 0 Å². The molecule has 3 rings (SSSR count). The van der Waals surface area contributed by atoms with E-state index in [4.69, 9.17) is 0 Å². The molecule has 0 bridgehead atoms. The van der Waals surface area contributed by atoms with Crippen LogP contribution in [0.15, 0.2) is 64.5 Å². The molecule has 2 aromatic rings. The van der Waals surface area contributed by atoms with Gasteiger partial charge in [0.25, 0.3) is 0 Å². The number of nitrogens with zero attached hydrogens (tertiary/aromatic N) is 2. The first kappa shape index (κ1) is 19.4. The Hall–Kier alpha value is -2.41. The summed E-state index contributed by atoms with van der Waals surface area (Å²) >= 11 is 0. The lowest BCUT2D eigenvalue weighted by Crippen LogP contribution is -2.41. The van der Waals surface area contributed by atoms with Gasteiger partial charge in [0.15, 0.2) is 15.8 Å². The zero-order valence-corrected chi connectivity index (χ0v) is 16.1. The molecular weight excluding hydrogens is 365 g/mol. The molecule has 1 unspecified atom stereocenters. The molecule has 5 nitrogen and oxygen atoms in total. The van der Waals surface area contributed by atoms with Gasteiger partial charge in [-0.05, 0) is 24.1 Å². The van der Waals surface area contributed by atoms with Crippen LogP contribution in [0.2, 0.25) is 0 Å². The molecule has 7 heteroatoms. The van der Waals surface area contributed by atoms with Gasteiger partial charge in [0.05, 0.1) is 5.75 Å². The van der Waals surface area contributed by atoms with E-state index in [-0.39, 0.29) is 17.2 Å². The first-order valence-corrected chi connectivity index (χ1v) is 10.6. The highest BCUT2D eigenvalue weighted by Gasteiger charge is 2.26. The number of likely N-dealkylation sites (tertiary alicyclic amines) is 1. The smallest absolute Gasteiger partial charge is 0.193 e. The molecule has 0 saturated carbocycles. The van der Waals surface area contributed by atoms with Gasteiger partial charge in [0, 0.05) is 32.6 Å². The van der Waals surface area contributed by atoms with Crippen LogP contribution >= 0.6 is 0 Å². The number of guanidine groups is 1. The SMILES string of the molecule is CN=C(NCCS(=O)(=O)c1ccccc1F)N1CCC(c2ccccc2)C1. The number of nitrogens with one attached hydrogen (secondary N) is 1. The second-order valence-electron chi connectivity index (χ2n) is 6.57. The number of hydrogen-bond donors (Lipinski definition) is 1. The molecule has 2 aromatic carbocycles. The van der Waals surface area contributed by atoms with Crippen LogP contribution in [0.1, 0.15) is 17.9 Å². The first-order chi connectivity index (χ1) is 13.0. The maximum Gasteiger partial charge on any atom is 0.193 e. The molecule has 1 atom stereocenters. The number of halogens is 1. The molecule has 27 heavy (non-hydrogen) atoms. The zero-order chi connectivity index (χ0) is 19.3. The van der Waals surface area contributed by atoms with Gasteiger partial charge in [0.1, 0.15) is 10.7 Å². The molecule has 1 saturated heterocycles. The van der Waals surface area contributed by atoms with Crippen LogP contribution < -0.4 is 5.32 Å². The summed E-state index contributed by atoms with van der Waals surface area (Å²) in [5, 5.41) is 3.10. The predicted molar refractivity (Wildman–Crippen MR) is 105 cm³/mol. The Morgan fingerprint density at radius 2 is 1.89 bits per heavy atom. The summed E-state index contributed by atoms with van der Waals surface area (Å²) in [4.78, 5) is 6.15.